The standard InChI is InChI=1S/C13H9NO2S/c1-8-10(7-14)12(17-11(8)13(15)16)9-5-3-2-4-6-9/h2-6H,1H3,(H,15,16)/p-1. The minimum atomic E-state index is -1.23. The smallest absolute Gasteiger partial charge is 0.101 e. The molecule has 0 spiro atoms. The van der Waals surface area contributed by atoms with Crippen LogP contribution < -0.4 is 5.11 Å². The fourth-order valence-corrected chi connectivity index (χ4v) is 2.73. The van der Waals surface area contributed by atoms with Gasteiger partial charge in [0.1, 0.15) is 6.07 Å². The number of thiophene rings is 1. The van der Waals surface area contributed by atoms with Crippen molar-refractivity contribution in [2.24, 2.45) is 0 Å². The maximum Gasteiger partial charge on any atom is 0.101 e. The number of hydrogen-bond acceptors (Lipinski definition) is 4. The summed E-state index contributed by atoms with van der Waals surface area (Å²) in [5.41, 5.74) is 1.75. The van der Waals surface area contributed by atoms with Crippen molar-refractivity contribution in [2.75, 3.05) is 0 Å². The Kier molecular flexibility index (Phi) is 2.94. The Morgan fingerprint density at radius 3 is 2.53 bits per heavy atom. The van der Waals surface area contributed by atoms with Gasteiger partial charge in [-0.15, -0.1) is 11.3 Å². The minimum Gasteiger partial charge on any atom is -0.544 e. The van der Waals surface area contributed by atoms with Crippen LogP contribution in [0.2, 0.25) is 0 Å². The number of carbonyl (C=O) groups excluding carboxylic acids is 1. The van der Waals surface area contributed by atoms with E-state index in [1.807, 2.05) is 30.3 Å². The normalized spacial score (nSPS) is 9.88. The first-order chi connectivity index (χ1) is 8.15. The van der Waals surface area contributed by atoms with Crippen LogP contribution in [0, 0.1) is 18.3 Å². The number of nitriles is 1. The Hall–Kier alpha value is -2.12. The molecular formula is C13H8NO2S-. The van der Waals surface area contributed by atoms with Crippen molar-refractivity contribution >= 4 is 17.3 Å². The molecule has 0 aliphatic carbocycles. The molecule has 0 amide bonds. The van der Waals surface area contributed by atoms with Gasteiger partial charge in [-0.25, -0.2) is 0 Å². The minimum absolute atomic E-state index is 0.125. The first-order valence-electron chi connectivity index (χ1n) is 4.95. The fraction of sp³-hybridized carbons (Fsp3) is 0.0769. The Balaban J connectivity index is 2.68. The molecule has 17 heavy (non-hydrogen) atoms. The largest absolute Gasteiger partial charge is 0.544 e. The zero-order valence-corrected chi connectivity index (χ0v) is 9.88. The lowest BCUT2D eigenvalue weighted by molar-refractivity contribution is -0.254. The third-order valence-corrected chi connectivity index (χ3v) is 3.80. The maximum absolute atomic E-state index is 10.9. The van der Waals surface area contributed by atoms with Gasteiger partial charge in [0.25, 0.3) is 0 Å². The molecule has 1 aromatic heterocycles. The number of hydrogen-bond donors (Lipinski definition) is 0. The Labute approximate surface area is 103 Å². The van der Waals surface area contributed by atoms with Gasteiger partial charge in [-0.2, -0.15) is 5.26 Å². The van der Waals surface area contributed by atoms with Crippen molar-refractivity contribution in [3.8, 4) is 16.5 Å². The third-order valence-electron chi connectivity index (χ3n) is 2.48. The van der Waals surface area contributed by atoms with Gasteiger partial charge >= 0.3 is 0 Å². The lowest BCUT2D eigenvalue weighted by Crippen LogP contribution is -2.21. The van der Waals surface area contributed by atoms with Gasteiger partial charge in [0.2, 0.25) is 0 Å². The fourth-order valence-electron chi connectivity index (χ4n) is 1.64. The SMILES string of the molecule is Cc1c(C(=O)[O-])sc(-c2ccccc2)c1C#N. The molecule has 2 rings (SSSR count). The summed E-state index contributed by atoms with van der Waals surface area (Å²) in [6, 6.07) is 11.3. The summed E-state index contributed by atoms with van der Waals surface area (Å²) in [5, 5.41) is 20.0. The van der Waals surface area contributed by atoms with E-state index in [-0.39, 0.29) is 4.88 Å². The van der Waals surface area contributed by atoms with Crippen LogP contribution in [0.5, 0.6) is 0 Å². The van der Waals surface area contributed by atoms with Crippen LogP contribution in [0.25, 0.3) is 10.4 Å². The summed E-state index contributed by atoms with van der Waals surface area (Å²) in [6.07, 6.45) is 0. The number of carbonyl (C=O) groups is 1. The van der Waals surface area contributed by atoms with Crippen LogP contribution in [0.3, 0.4) is 0 Å². The Morgan fingerprint density at radius 1 is 1.35 bits per heavy atom. The number of rotatable bonds is 2. The molecule has 0 radical (unpaired) electrons. The monoisotopic (exact) mass is 242 g/mol. The van der Waals surface area contributed by atoms with E-state index < -0.39 is 5.97 Å². The van der Waals surface area contributed by atoms with Crippen LogP contribution in [-0.2, 0) is 0 Å². The van der Waals surface area contributed by atoms with Crippen LogP contribution in [0.15, 0.2) is 30.3 Å². The van der Waals surface area contributed by atoms with Crippen LogP contribution >= 0.6 is 11.3 Å². The molecule has 1 heterocycles. The zero-order chi connectivity index (χ0) is 12.4. The summed E-state index contributed by atoms with van der Waals surface area (Å²) < 4.78 is 0. The molecule has 0 aliphatic rings. The molecule has 0 fully saturated rings. The Morgan fingerprint density at radius 2 is 2.00 bits per heavy atom. The summed E-state index contributed by atoms with van der Waals surface area (Å²) in [7, 11) is 0. The van der Waals surface area contributed by atoms with E-state index in [0.29, 0.717) is 16.0 Å². The van der Waals surface area contributed by atoms with Gasteiger partial charge in [0.05, 0.1) is 21.3 Å². The molecular weight excluding hydrogens is 234 g/mol. The van der Waals surface area contributed by atoms with Crippen LogP contribution in [0.1, 0.15) is 20.8 Å². The first kappa shape index (κ1) is 11.4. The van der Waals surface area contributed by atoms with Crippen molar-refractivity contribution in [3.05, 3.63) is 46.3 Å². The molecule has 0 unspecified atom stereocenters. The predicted molar refractivity (Wildman–Crippen MR) is 63.5 cm³/mol. The molecule has 1 aromatic carbocycles. The molecule has 0 saturated carbocycles. The number of carboxylic acids is 1. The summed E-state index contributed by atoms with van der Waals surface area (Å²) in [4.78, 5) is 11.7. The maximum atomic E-state index is 10.9. The molecule has 0 N–H and O–H groups in total. The topological polar surface area (TPSA) is 63.9 Å². The second-order valence-corrected chi connectivity index (χ2v) is 4.55. The molecule has 84 valence electrons. The predicted octanol–water partition coefficient (Wildman–Crippen LogP) is 1.96. The number of carboxylic acid groups (broad SMARTS) is 1. The highest BCUT2D eigenvalue weighted by molar-refractivity contribution is 7.17. The lowest BCUT2D eigenvalue weighted by atomic mass is 10.1. The second kappa shape index (κ2) is 4.40. The quantitative estimate of drug-likeness (QED) is 0.808. The van der Waals surface area contributed by atoms with Crippen molar-refractivity contribution in [2.45, 2.75) is 6.92 Å². The van der Waals surface area contributed by atoms with E-state index in [1.54, 1.807) is 6.92 Å². The molecule has 0 saturated heterocycles. The summed E-state index contributed by atoms with van der Waals surface area (Å²) in [5.74, 6) is -1.23. The van der Waals surface area contributed by atoms with Crippen molar-refractivity contribution in [1.29, 1.82) is 5.26 Å². The molecule has 4 heteroatoms. The molecule has 2 aromatic rings. The number of nitrogens with zero attached hydrogens (tertiary/aromatic N) is 1. The van der Waals surface area contributed by atoms with E-state index >= 15 is 0 Å². The van der Waals surface area contributed by atoms with Gasteiger partial charge in [-0.1, -0.05) is 30.3 Å². The lowest BCUT2D eigenvalue weighted by Gasteiger charge is -1.97. The average molecular weight is 242 g/mol. The number of benzene rings is 1. The molecule has 0 aliphatic heterocycles. The zero-order valence-electron chi connectivity index (χ0n) is 9.06. The second-order valence-electron chi connectivity index (χ2n) is 3.53. The molecule has 0 bridgehead atoms. The van der Waals surface area contributed by atoms with E-state index in [1.165, 1.54) is 0 Å². The average Bonchev–Trinajstić information content (AvgIpc) is 2.67. The van der Waals surface area contributed by atoms with Crippen molar-refractivity contribution in [3.63, 3.8) is 0 Å². The van der Waals surface area contributed by atoms with Gasteiger partial charge in [0, 0.05) is 0 Å². The van der Waals surface area contributed by atoms with Crippen molar-refractivity contribution in [1.82, 2.24) is 0 Å². The summed E-state index contributed by atoms with van der Waals surface area (Å²) >= 11 is 1.09. The highest BCUT2D eigenvalue weighted by atomic mass is 32.1. The highest BCUT2D eigenvalue weighted by Gasteiger charge is 2.16. The van der Waals surface area contributed by atoms with E-state index in [2.05, 4.69) is 6.07 Å². The summed E-state index contributed by atoms with van der Waals surface area (Å²) in [6.45, 7) is 1.63. The number of aromatic carboxylic acids is 1. The van der Waals surface area contributed by atoms with Gasteiger partial charge < -0.3 is 9.90 Å². The van der Waals surface area contributed by atoms with E-state index in [0.717, 1.165) is 16.9 Å². The Bertz CT molecular complexity index is 608. The van der Waals surface area contributed by atoms with E-state index in [9.17, 15) is 9.90 Å². The molecule has 0 atom stereocenters. The van der Waals surface area contributed by atoms with Gasteiger partial charge in [-0.3, -0.25) is 0 Å². The van der Waals surface area contributed by atoms with Crippen LogP contribution in [0.4, 0.5) is 0 Å². The highest BCUT2D eigenvalue weighted by Crippen LogP contribution is 2.35. The van der Waals surface area contributed by atoms with Crippen molar-refractivity contribution < 1.29 is 9.90 Å². The van der Waals surface area contributed by atoms with Gasteiger partial charge in [-0.05, 0) is 18.1 Å². The third kappa shape index (κ3) is 1.93. The molecule has 3 nitrogen and oxygen atoms in total. The van der Waals surface area contributed by atoms with E-state index in [4.69, 9.17) is 5.26 Å². The van der Waals surface area contributed by atoms with Crippen LogP contribution in [-0.4, -0.2) is 5.97 Å². The van der Waals surface area contributed by atoms with Gasteiger partial charge in [0.15, 0.2) is 0 Å². The first-order valence-corrected chi connectivity index (χ1v) is 5.77.